The lowest BCUT2D eigenvalue weighted by molar-refractivity contribution is 0.0138. The molecule has 7 nitrogen and oxygen atoms in total. The van der Waals surface area contributed by atoms with Gasteiger partial charge in [0.1, 0.15) is 0 Å². The second-order valence-corrected chi connectivity index (χ2v) is 3.95. The molecule has 7 heteroatoms. The second kappa shape index (κ2) is 9.95. The largest absolute Gasteiger partial charge is 0.389 e. The Morgan fingerprint density at radius 3 is 3.06 bits per heavy atom. The minimum absolute atomic E-state index is 0.333. The molecule has 0 aliphatic heterocycles. The zero-order valence-corrected chi connectivity index (χ0v) is 10.8. The van der Waals surface area contributed by atoms with Gasteiger partial charge in [-0.1, -0.05) is 5.21 Å². The molecule has 1 atom stereocenters. The molecule has 1 unspecified atom stereocenters. The van der Waals surface area contributed by atoms with Crippen molar-refractivity contribution in [2.75, 3.05) is 40.0 Å². The SMILES string of the molecule is COCCOCC(O)CNCCCn1ccnn1. The van der Waals surface area contributed by atoms with Crippen LogP contribution in [0.4, 0.5) is 0 Å². The molecule has 0 aliphatic carbocycles. The van der Waals surface area contributed by atoms with Crippen LogP contribution in [0.5, 0.6) is 0 Å². The van der Waals surface area contributed by atoms with Gasteiger partial charge in [0.2, 0.25) is 0 Å². The molecule has 1 rings (SSSR count). The molecule has 0 aliphatic rings. The van der Waals surface area contributed by atoms with Crippen molar-refractivity contribution in [1.29, 1.82) is 0 Å². The summed E-state index contributed by atoms with van der Waals surface area (Å²) in [5.41, 5.74) is 0. The van der Waals surface area contributed by atoms with E-state index >= 15 is 0 Å². The monoisotopic (exact) mass is 258 g/mol. The quantitative estimate of drug-likeness (QED) is 0.510. The first-order valence-corrected chi connectivity index (χ1v) is 6.12. The van der Waals surface area contributed by atoms with Gasteiger partial charge in [0, 0.05) is 26.4 Å². The summed E-state index contributed by atoms with van der Waals surface area (Å²) < 4.78 is 11.8. The Kier molecular flexibility index (Phi) is 8.32. The summed E-state index contributed by atoms with van der Waals surface area (Å²) in [4.78, 5) is 0. The number of aryl methyl sites for hydroxylation is 1. The zero-order chi connectivity index (χ0) is 13.1. The highest BCUT2D eigenvalue weighted by atomic mass is 16.5. The normalized spacial score (nSPS) is 12.8. The maximum absolute atomic E-state index is 9.58. The van der Waals surface area contributed by atoms with E-state index in [1.54, 1.807) is 18.0 Å². The average molecular weight is 258 g/mol. The number of rotatable bonds is 11. The number of methoxy groups -OCH3 is 1. The molecule has 0 amide bonds. The van der Waals surface area contributed by atoms with Crippen LogP contribution in [-0.2, 0) is 16.0 Å². The van der Waals surface area contributed by atoms with E-state index in [0.717, 1.165) is 19.5 Å². The third-order valence-corrected chi connectivity index (χ3v) is 2.33. The fourth-order valence-corrected chi connectivity index (χ4v) is 1.41. The van der Waals surface area contributed by atoms with Crippen molar-refractivity contribution in [2.24, 2.45) is 0 Å². The first-order chi connectivity index (χ1) is 8.83. The number of hydrogen-bond donors (Lipinski definition) is 2. The summed E-state index contributed by atoms with van der Waals surface area (Å²) in [6.45, 7) is 3.59. The van der Waals surface area contributed by atoms with Gasteiger partial charge in [-0.3, -0.25) is 4.68 Å². The highest BCUT2D eigenvalue weighted by Gasteiger charge is 2.03. The fourth-order valence-electron chi connectivity index (χ4n) is 1.41. The number of aromatic nitrogens is 3. The first-order valence-electron chi connectivity index (χ1n) is 6.12. The summed E-state index contributed by atoms with van der Waals surface area (Å²) in [5.74, 6) is 0. The van der Waals surface area contributed by atoms with E-state index in [-0.39, 0.29) is 0 Å². The van der Waals surface area contributed by atoms with Gasteiger partial charge < -0.3 is 19.9 Å². The van der Waals surface area contributed by atoms with Crippen LogP contribution >= 0.6 is 0 Å². The molecule has 0 saturated carbocycles. The molecule has 0 saturated heterocycles. The van der Waals surface area contributed by atoms with Crippen molar-refractivity contribution in [3.05, 3.63) is 12.4 Å². The van der Waals surface area contributed by atoms with Gasteiger partial charge in [0.15, 0.2) is 0 Å². The highest BCUT2D eigenvalue weighted by molar-refractivity contribution is 4.64. The number of nitrogens with zero attached hydrogens (tertiary/aromatic N) is 3. The van der Waals surface area contributed by atoms with E-state index in [0.29, 0.717) is 26.4 Å². The standard InChI is InChI=1S/C11H22N4O3/c1-17-7-8-18-10-11(16)9-12-3-2-5-15-6-4-13-14-15/h4,6,11-12,16H,2-3,5,7-10H2,1H3. The van der Waals surface area contributed by atoms with Gasteiger partial charge >= 0.3 is 0 Å². The molecule has 104 valence electrons. The van der Waals surface area contributed by atoms with E-state index < -0.39 is 6.10 Å². The lowest BCUT2D eigenvalue weighted by atomic mass is 10.3. The summed E-state index contributed by atoms with van der Waals surface area (Å²) in [6.07, 6.45) is 3.96. The summed E-state index contributed by atoms with van der Waals surface area (Å²) in [7, 11) is 1.62. The highest BCUT2D eigenvalue weighted by Crippen LogP contribution is 1.88. The lowest BCUT2D eigenvalue weighted by Crippen LogP contribution is -2.31. The molecule has 1 aromatic heterocycles. The van der Waals surface area contributed by atoms with Crippen LogP contribution in [0.2, 0.25) is 0 Å². The predicted molar refractivity (Wildman–Crippen MR) is 66.2 cm³/mol. The number of hydrogen-bond acceptors (Lipinski definition) is 6. The van der Waals surface area contributed by atoms with Crippen molar-refractivity contribution in [2.45, 2.75) is 19.1 Å². The van der Waals surface area contributed by atoms with E-state index in [1.165, 1.54) is 0 Å². The molecule has 1 heterocycles. The van der Waals surface area contributed by atoms with Gasteiger partial charge in [-0.15, -0.1) is 5.10 Å². The molecule has 0 bridgehead atoms. The molecular formula is C11H22N4O3. The molecule has 2 N–H and O–H groups in total. The Hall–Kier alpha value is -1.02. The Balaban J connectivity index is 1.87. The molecule has 0 radical (unpaired) electrons. The molecule has 1 aromatic rings. The first kappa shape index (κ1) is 15.0. The maximum atomic E-state index is 9.58. The van der Waals surface area contributed by atoms with Crippen molar-refractivity contribution in [1.82, 2.24) is 20.3 Å². The molecule has 18 heavy (non-hydrogen) atoms. The third kappa shape index (κ3) is 7.33. The van der Waals surface area contributed by atoms with Crippen molar-refractivity contribution < 1.29 is 14.6 Å². The smallest absolute Gasteiger partial charge is 0.0897 e. The van der Waals surface area contributed by atoms with Crippen LogP contribution < -0.4 is 5.32 Å². The van der Waals surface area contributed by atoms with Gasteiger partial charge in [0.25, 0.3) is 0 Å². The number of aliphatic hydroxyl groups excluding tert-OH is 1. The number of aliphatic hydroxyl groups is 1. The van der Waals surface area contributed by atoms with Gasteiger partial charge in [0.05, 0.1) is 32.1 Å². The second-order valence-electron chi connectivity index (χ2n) is 3.95. The minimum atomic E-state index is -0.478. The van der Waals surface area contributed by atoms with Crippen LogP contribution in [0.1, 0.15) is 6.42 Å². The maximum Gasteiger partial charge on any atom is 0.0897 e. The van der Waals surface area contributed by atoms with E-state index in [9.17, 15) is 5.11 Å². The van der Waals surface area contributed by atoms with E-state index in [1.807, 2.05) is 6.20 Å². The minimum Gasteiger partial charge on any atom is -0.389 e. The Morgan fingerprint density at radius 1 is 1.44 bits per heavy atom. The molecule has 0 aromatic carbocycles. The lowest BCUT2D eigenvalue weighted by Gasteiger charge is -2.12. The third-order valence-electron chi connectivity index (χ3n) is 2.33. The van der Waals surface area contributed by atoms with E-state index in [2.05, 4.69) is 15.6 Å². The summed E-state index contributed by atoms with van der Waals surface area (Å²) in [5, 5.41) is 20.3. The fraction of sp³-hybridized carbons (Fsp3) is 0.818. The van der Waals surface area contributed by atoms with Crippen LogP contribution in [0.3, 0.4) is 0 Å². The Labute approximate surface area is 107 Å². The Bertz CT molecular complexity index is 282. The Morgan fingerprint density at radius 2 is 2.33 bits per heavy atom. The van der Waals surface area contributed by atoms with Gasteiger partial charge in [-0.2, -0.15) is 0 Å². The van der Waals surface area contributed by atoms with Crippen LogP contribution in [0.25, 0.3) is 0 Å². The van der Waals surface area contributed by atoms with Crippen molar-refractivity contribution >= 4 is 0 Å². The van der Waals surface area contributed by atoms with Crippen LogP contribution in [0, 0.1) is 0 Å². The molecular weight excluding hydrogens is 236 g/mol. The average Bonchev–Trinajstić information content (AvgIpc) is 2.87. The van der Waals surface area contributed by atoms with Crippen LogP contribution in [-0.4, -0.2) is 66.2 Å². The summed E-state index contributed by atoms with van der Waals surface area (Å²) in [6, 6.07) is 0. The molecule has 0 fully saturated rings. The summed E-state index contributed by atoms with van der Waals surface area (Å²) >= 11 is 0. The van der Waals surface area contributed by atoms with Gasteiger partial charge in [-0.05, 0) is 13.0 Å². The van der Waals surface area contributed by atoms with Crippen LogP contribution in [0.15, 0.2) is 12.4 Å². The van der Waals surface area contributed by atoms with E-state index in [4.69, 9.17) is 9.47 Å². The number of nitrogens with one attached hydrogen (secondary N) is 1. The predicted octanol–water partition coefficient (Wildman–Crippen LogP) is -0.718. The zero-order valence-electron chi connectivity index (χ0n) is 10.8. The number of ether oxygens (including phenoxy) is 2. The van der Waals surface area contributed by atoms with Gasteiger partial charge in [-0.25, -0.2) is 0 Å². The molecule has 0 spiro atoms. The van der Waals surface area contributed by atoms with Crippen molar-refractivity contribution in [3.63, 3.8) is 0 Å². The topological polar surface area (TPSA) is 81.4 Å². The van der Waals surface area contributed by atoms with Crippen molar-refractivity contribution in [3.8, 4) is 0 Å².